The van der Waals surface area contributed by atoms with E-state index in [0.717, 1.165) is 11.3 Å². The first-order valence-corrected chi connectivity index (χ1v) is 6.83. The summed E-state index contributed by atoms with van der Waals surface area (Å²) in [5.74, 6) is 0. The van der Waals surface area contributed by atoms with Crippen molar-refractivity contribution in [3.8, 4) is 22.4 Å². The highest BCUT2D eigenvalue weighted by Gasteiger charge is 2.09. The van der Waals surface area contributed by atoms with Gasteiger partial charge >= 0.3 is 0 Å². The molecule has 0 aliphatic carbocycles. The molecule has 3 aromatic rings. The number of aromatic nitrogens is 1. The number of hydrogen-bond donors (Lipinski definition) is 0. The summed E-state index contributed by atoms with van der Waals surface area (Å²) in [5, 5.41) is 0. The number of benzene rings is 2. The second kappa shape index (κ2) is 5.30. The first-order valence-electron chi connectivity index (χ1n) is 6.83. The third kappa shape index (κ3) is 2.48. The zero-order chi connectivity index (χ0) is 13.9. The minimum absolute atomic E-state index is 1.04. The van der Waals surface area contributed by atoms with E-state index in [4.69, 9.17) is 0 Å². The van der Waals surface area contributed by atoms with Crippen molar-refractivity contribution in [2.24, 2.45) is 0 Å². The lowest BCUT2D eigenvalue weighted by atomic mass is 9.98. The van der Waals surface area contributed by atoms with E-state index in [9.17, 15) is 0 Å². The maximum absolute atomic E-state index is 4.65. The van der Waals surface area contributed by atoms with E-state index in [2.05, 4.69) is 73.4 Å². The van der Waals surface area contributed by atoms with Gasteiger partial charge in [0.1, 0.15) is 0 Å². The SMILES string of the molecule is Cc1ccc(-c2ncc(C)cc2-c2ccccc2)cc1. The van der Waals surface area contributed by atoms with Gasteiger partial charge < -0.3 is 0 Å². The van der Waals surface area contributed by atoms with Gasteiger partial charge in [0.2, 0.25) is 0 Å². The summed E-state index contributed by atoms with van der Waals surface area (Å²) in [6, 6.07) is 21.2. The molecule has 98 valence electrons. The van der Waals surface area contributed by atoms with E-state index < -0.39 is 0 Å². The summed E-state index contributed by atoms with van der Waals surface area (Å²) in [4.78, 5) is 4.65. The maximum atomic E-state index is 4.65. The Morgan fingerprint density at radius 2 is 1.40 bits per heavy atom. The third-order valence-corrected chi connectivity index (χ3v) is 3.43. The minimum Gasteiger partial charge on any atom is -0.255 e. The predicted octanol–water partition coefficient (Wildman–Crippen LogP) is 5.03. The Balaban J connectivity index is 2.19. The molecule has 2 aromatic carbocycles. The van der Waals surface area contributed by atoms with Gasteiger partial charge in [0.25, 0.3) is 0 Å². The fraction of sp³-hybridized carbons (Fsp3) is 0.105. The molecule has 0 radical (unpaired) electrons. The van der Waals surface area contributed by atoms with Crippen LogP contribution >= 0.6 is 0 Å². The Morgan fingerprint density at radius 1 is 0.700 bits per heavy atom. The molecule has 1 aromatic heterocycles. The van der Waals surface area contributed by atoms with Gasteiger partial charge in [-0.15, -0.1) is 0 Å². The molecule has 0 saturated carbocycles. The molecule has 0 N–H and O–H groups in total. The minimum atomic E-state index is 1.04. The summed E-state index contributed by atoms with van der Waals surface area (Å²) in [7, 11) is 0. The Labute approximate surface area is 119 Å². The molecule has 0 fully saturated rings. The zero-order valence-electron chi connectivity index (χ0n) is 11.8. The normalized spacial score (nSPS) is 10.5. The first-order chi connectivity index (χ1) is 9.74. The molecule has 1 heterocycles. The molecule has 0 bridgehead atoms. The lowest BCUT2D eigenvalue weighted by Gasteiger charge is -2.10. The average molecular weight is 259 g/mol. The van der Waals surface area contributed by atoms with E-state index in [1.807, 2.05) is 12.3 Å². The molecule has 0 saturated heterocycles. The van der Waals surface area contributed by atoms with Crippen molar-refractivity contribution in [3.63, 3.8) is 0 Å². The molecule has 0 spiro atoms. The van der Waals surface area contributed by atoms with Gasteiger partial charge in [-0.2, -0.15) is 0 Å². The summed E-state index contributed by atoms with van der Waals surface area (Å²) in [5.41, 5.74) is 7.05. The van der Waals surface area contributed by atoms with E-state index >= 15 is 0 Å². The molecule has 0 aliphatic heterocycles. The van der Waals surface area contributed by atoms with Crippen molar-refractivity contribution < 1.29 is 0 Å². The van der Waals surface area contributed by atoms with Gasteiger partial charge in [0.15, 0.2) is 0 Å². The largest absolute Gasteiger partial charge is 0.255 e. The van der Waals surface area contributed by atoms with Crippen LogP contribution in [0.2, 0.25) is 0 Å². The van der Waals surface area contributed by atoms with Crippen molar-refractivity contribution >= 4 is 0 Å². The molecule has 3 rings (SSSR count). The number of rotatable bonds is 2. The Morgan fingerprint density at radius 3 is 2.10 bits per heavy atom. The molecule has 20 heavy (non-hydrogen) atoms. The molecular weight excluding hydrogens is 242 g/mol. The summed E-state index contributed by atoms with van der Waals surface area (Å²) >= 11 is 0. The molecule has 1 nitrogen and oxygen atoms in total. The summed E-state index contributed by atoms with van der Waals surface area (Å²) in [6.45, 7) is 4.18. The molecule has 0 atom stereocenters. The van der Waals surface area contributed by atoms with Crippen LogP contribution in [0, 0.1) is 13.8 Å². The van der Waals surface area contributed by atoms with Crippen LogP contribution in [0.5, 0.6) is 0 Å². The van der Waals surface area contributed by atoms with Gasteiger partial charge in [-0.05, 0) is 31.0 Å². The Bertz CT molecular complexity index is 713. The predicted molar refractivity (Wildman–Crippen MR) is 84.6 cm³/mol. The van der Waals surface area contributed by atoms with Gasteiger partial charge in [0, 0.05) is 17.3 Å². The molecule has 0 aliphatic rings. The molecular formula is C19H17N. The van der Waals surface area contributed by atoms with Crippen molar-refractivity contribution in [1.82, 2.24) is 4.98 Å². The second-order valence-electron chi connectivity index (χ2n) is 5.14. The molecule has 0 amide bonds. The van der Waals surface area contributed by atoms with Gasteiger partial charge in [-0.3, -0.25) is 4.98 Å². The van der Waals surface area contributed by atoms with Crippen LogP contribution in [0.25, 0.3) is 22.4 Å². The number of nitrogens with zero attached hydrogens (tertiary/aromatic N) is 1. The molecule has 0 unspecified atom stereocenters. The number of hydrogen-bond acceptors (Lipinski definition) is 1. The van der Waals surface area contributed by atoms with Crippen molar-refractivity contribution in [3.05, 3.63) is 78.0 Å². The lowest BCUT2D eigenvalue weighted by Crippen LogP contribution is -1.91. The smallest absolute Gasteiger partial charge is 0.0780 e. The number of pyridine rings is 1. The van der Waals surface area contributed by atoms with E-state index in [1.54, 1.807) is 0 Å². The van der Waals surface area contributed by atoms with Gasteiger partial charge in [0.05, 0.1) is 5.69 Å². The monoisotopic (exact) mass is 259 g/mol. The summed E-state index contributed by atoms with van der Waals surface area (Å²) < 4.78 is 0. The quantitative estimate of drug-likeness (QED) is 0.628. The van der Waals surface area contributed by atoms with Crippen LogP contribution in [0.3, 0.4) is 0 Å². The van der Waals surface area contributed by atoms with E-state index in [1.165, 1.54) is 22.3 Å². The molecule has 1 heteroatoms. The van der Waals surface area contributed by atoms with Crippen molar-refractivity contribution in [1.29, 1.82) is 0 Å². The third-order valence-electron chi connectivity index (χ3n) is 3.43. The maximum Gasteiger partial charge on any atom is 0.0780 e. The van der Waals surface area contributed by atoms with Crippen molar-refractivity contribution in [2.45, 2.75) is 13.8 Å². The van der Waals surface area contributed by atoms with Gasteiger partial charge in [-0.1, -0.05) is 60.2 Å². The van der Waals surface area contributed by atoms with Gasteiger partial charge in [-0.25, -0.2) is 0 Å². The van der Waals surface area contributed by atoms with E-state index in [-0.39, 0.29) is 0 Å². The Hall–Kier alpha value is -2.41. The topological polar surface area (TPSA) is 12.9 Å². The standard InChI is InChI=1S/C19H17N/c1-14-8-10-17(11-9-14)19-18(12-15(2)13-20-19)16-6-4-3-5-7-16/h3-13H,1-2H3. The highest BCUT2D eigenvalue weighted by Crippen LogP contribution is 2.30. The zero-order valence-corrected chi connectivity index (χ0v) is 11.8. The van der Waals surface area contributed by atoms with Crippen LogP contribution in [-0.2, 0) is 0 Å². The fourth-order valence-corrected chi connectivity index (χ4v) is 2.35. The van der Waals surface area contributed by atoms with Crippen LogP contribution < -0.4 is 0 Å². The second-order valence-corrected chi connectivity index (χ2v) is 5.14. The highest BCUT2D eigenvalue weighted by atomic mass is 14.7. The van der Waals surface area contributed by atoms with Crippen molar-refractivity contribution in [2.75, 3.05) is 0 Å². The van der Waals surface area contributed by atoms with E-state index in [0.29, 0.717) is 0 Å². The Kier molecular flexibility index (Phi) is 3.34. The van der Waals surface area contributed by atoms with Crippen LogP contribution in [-0.4, -0.2) is 4.98 Å². The van der Waals surface area contributed by atoms with Crippen LogP contribution in [0.15, 0.2) is 66.9 Å². The average Bonchev–Trinajstić information content (AvgIpc) is 2.49. The first kappa shape index (κ1) is 12.6. The lowest BCUT2D eigenvalue weighted by molar-refractivity contribution is 1.27. The number of aryl methyl sites for hydroxylation is 2. The fourth-order valence-electron chi connectivity index (χ4n) is 2.35. The van der Waals surface area contributed by atoms with Crippen LogP contribution in [0.1, 0.15) is 11.1 Å². The summed E-state index contributed by atoms with van der Waals surface area (Å²) in [6.07, 6.45) is 1.93. The highest BCUT2D eigenvalue weighted by molar-refractivity contribution is 5.81. The van der Waals surface area contributed by atoms with Crippen LogP contribution in [0.4, 0.5) is 0 Å².